The lowest BCUT2D eigenvalue weighted by atomic mass is 10.2. The van der Waals surface area contributed by atoms with Crippen LogP contribution in [0.1, 0.15) is 46.0 Å². The molecule has 0 aromatic heterocycles. The van der Waals surface area contributed by atoms with E-state index < -0.39 is 0 Å². The van der Waals surface area contributed by atoms with Crippen LogP contribution in [0.2, 0.25) is 0 Å². The second-order valence-corrected chi connectivity index (χ2v) is 4.92. The predicted molar refractivity (Wildman–Crippen MR) is 94.7 cm³/mol. The van der Waals surface area contributed by atoms with Crippen LogP contribution >= 0.6 is 24.0 Å². The molecule has 0 radical (unpaired) electrons. The van der Waals surface area contributed by atoms with Crippen molar-refractivity contribution in [2.24, 2.45) is 4.99 Å². The molecule has 1 aliphatic heterocycles. The third kappa shape index (κ3) is 7.91. The second-order valence-electron chi connectivity index (χ2n) is 4.92. The molecule has 0 aromatic rings. The summed E-state index contributed by atoms with van der Waals surface area (Å²) >= 11 is 0. The van der Waals surface area contributed by atoms with Crippen LogP contribution < -0.4 is 10.6 Å². The molecule has 0 aliphatic carbocycles. The number of carbonyl (C=O) groups is 1. The van der Waals surface area contributed by atoms with Crippen LogP contribution in [0.25, 0.3) is 0 Å². The summed E-state index contributed by atoms with van der Waals surface area (Å²) in [6, 6.07) is 0. The number of nitrogens with zero attached hydrogens (tertiary/aromatic N) is 2. The van der Waals surface area contributed by atoms with E-state index in [0.29, 0.717) is 0 Å². The number of carbonyl (C=O) groups excluding carboxylic acids is 1. The standard InChI is InChI=1S/C14H28N4O.HI/c1-3-5-6-9-16-14(15-4-2)17-12-13(19)18-10-7-8-11-18;/h3-12H2,1-2H3,(H2,15,16,17);1H. The number of hydrogen-bond acceptors (Lipinski definition) is 2. The summed E-state index contributed by atoms with van der Waals surface area (Å²) in [6.45, 7) is 8.00. The van der Waals surface area contributed by atoms with Crippen LogP contribution in [0.4, 0.5) is 0 Å². The molecular weight excluding hydrogens is 367 g/mol. The highest BCUT2D eigenvalue weighted by Crippen LogP contribution is 2.07. The molecule has 0 bridgehead atoms. The molecule has 1 heterocycles. The minimum absolute atomic E-state index is 0. The van der Waals surface area contributed by atoms with Gasteiger partial charge in [0.05, 0.1) is 0 Å². The van der Waals surface area contributed by atoms with Gasteiger partial charge < -0.3 is 15.5 Å². The number of nitrogens with one attached hydrogen (secondary N) is 2. The molecular formula is C14H29IN4O. The molecule has 0 atom stereocenters. The molecule has 1 saturated heterocycles. The summed E-state index contributed by atoms with van der Waals surface area (Å²) in [5, 5.41) is 6.44. The molecule has 20 heavy (non-hydrogen) atoms. The zero-order chi connectivity index (χ0) is 13.9. The highest BCUT2D eigenvalue weighted by atomic mass is 127. The van der Waals surface area contributed by atoms with E-state index in [1.165, 1.54) is 12.8 Å². The van der Waals surface area contributed by atoms with Crippen LogP contribution in [0.5, 0.6) is 0 Å². The fourth-order valence-corrected chi connectivity index (χ4v) is 2.14. The van der Waals surface area contributed by atoms with E-state index in [2.05, 4.69) is 22.5 Å². The number of aliphatic imine (C=N–C) groups is 1. The van der Waals surface area contributed by atoms with Crippen molar-refractivity contribution in [3.8, 4) is 0 Å². The molecule has 0 saturated carbocycles. The summed E-state index contributed by atoms with van der Waals surface area (Å²) < 4.78 is 0. The highest BCUT2D eigenvalue weighted by Gasteiger charge is 2.17. The molecule has 1 rings (SSSR count). The minimum atomic E-state index is 0. The van der Waals surface area contributed by atoms with Gasteiger partial charge in [-0.1, -0.05) is 19.8 Å². The smallest absolute Gasteiger partial charge is 0.244 e. The van der Waals surface area contributed by atoms with E-state index >= 15 is 0 Å². The molecule has 2 N–H and O–H groups in total. The van der Waals surface area contributed by atoms with Gasteiger partial charge in [-0.2, -0.15) is 0 Å². The fourth-order valence-electron chi connectivity index (χ4n) is 2.14. The van der Waals surface area contributed by atoms with Gasteiger partial charge in [-0.25, -0.2) is 4.99 Å². The monoisotopic (exact) mass is 396 g/mol. The Kier molecular flexibility index (Phi) is 11.9. The average Bonchev–Trinajstić information content (AvgIpc) is 2.94. The van der Waals surface area contributed by atoms with Crippen molar-refractivity contribution in [3.05, 3.63) is 0 Å². The molecule has 5 nitrogen and oxygen atoms in total. The first kappa shape index (κ1) is 19.5. The Labute approximate surface area is 140 Å². The van der Waals surface area contributed by atoms with Crippen LogP contribution in [0, 0.1) is 0 Å². The maximum absolute atomic E-state index is 11.9. The summed E-state index contributed by atoms with van der Waals surface area (Å²) in [6.07, 6.45) is 5.83. The Balaban J connectivity index is 0.00000361. The van der Waals surface area contributed by atoms with E-state index in [4.69, 9.17) is 0 Å². The molecule has 118 valence electrons. The molecule has 1 aliphatic rings. The maximum atomic E-state index is 11.9. The average molecular weight is 396 g/mol. The maximum Gasteiger partial charge on any atom is 0.244 e. The molecule has 6 heteroatoms. The Bertz CT molecular complexity index is 291. The van der Waals surface area contributed by atoms with Crippen molar-refractivity contribution in [1.29, 1.82) is 0 Å². The first-order valence-electron chi connectivity index (χ1n) is 7.57. The third-order valence-electron chi connectivity index (χ3n) is 3.25. The second kappa shape index (κ2) is 12.2. The summed E-state index contributed by atoms with van der Waals surface area (Å²) in [7, 11) is 0. The van der Waals surface area contributed by atoms with Crippen molar-refractivity contribution in [1.82, 2.24) is 15.5 Å². The van der Waals surface area contributed by atoms with Crippen LogP contribution in [-0.2, 0) is 4.79 Å². The molecule has 1 fully saturated rings. The van der Waals surface area contributed by atoms with Crippen molar-refractivity contribution in [2.75, 3.05) is 32.7 Å². The van der Waals surface area contributed by atoms with Gasteiger partial charge in [0.2, 0.25) is 5.91 Å². The van der Waals surface area contributed by atoms with Crippen LogP contribution in [0.15, 0.2) is 4.99 Å². The number of amides is 1. The van der Waals surface area contributed by atoms with Gasteiger partial charge in [0.1, 0.15) is 6.54 Å². The van der Waals surface area contributed by atoms with Crippen molar-refractivity contribution in [2.45, 2.75) is 46.0 Å². The van der Waals surface area contributed by atoms with E-state index in [9.17, 15) is 4.79 Å². The normalized spacial score (nSPS) is 14.9. The lowest BCUT2D eigenvalue weighted by Crippen LogP contribution is -2.39. The van der Waals surface area contributed by atoms with Gasteiger partial charge in [-0.3, -0.25) is 4.79 Å². The van der Waals surface area contributed by atoms with Gasteiger partial charge in [-0.15, -0.1) is 24.0 Å². The van der Waals surface area contributed by atoms with Crippen molar-refractivity contribution in [3.63, 3.8) is 0 Å². The number of hydrogen-bond donors (Lipinski definition) is 2. The Hall–Kier alpha value is -0.530. The van der Waals surface area contributed by atoms with E-state index in [1.807, 2.05) is 11.8 Å². The fraction of sp³-hybridized carbons (Fsp3) is 0.857. The van der Waals surface area contributed by atoms with Gasteiger partial charge >= 0.3 is 0 Å². The minimum Gasteiger partial charge on any atom is -0.357 e. The van der Waals surface area contributed by atoms with Crippen LogP contribution in [-0.4, -0.2) is 49.5 Å². The summed E-state index contributed by atoms with van der Waals surface area (Å²) in [4.78, 5) is 18.2. The first-order chi connectivity index (χ1) is 9.27. The topological polar surface area (TPSA) is 56.7 Å². The number of rotatable bonds is 7. The number of guanidine groups is 1. The summed E-state index contributed by atoms with van der Waals surface area (Å²) in [5.74, 6) is 0.898. The molecule has 1 amide bonds. The van der Waals surface area contributed by atoms with E-state index in [1.54, 1.807) is 0 Å². The molecule has 0 spiro atoms. The predicted octanol–water partition coefficient (Wildman–Crippen LogP) is 1.97. The number of likely N-dealkylation sites (tertiary alicyclic amines) is 1. The number of unbranched alkanes of at least 4 members (excludes halogenated alkanes) is 2. The van der Waals surface area contributed by atoms with Crippen molar-refractivity contribution < 1.29 is 4.79 Å². The van der Waals surface area contributed by atoms with Gasteiger partial charge in [-0.05, 0) is 26.2 Å². The highest BCUT2D eigenvalue weighted by molar-refractivity contribution is 14.0. The van der Waals surface area contributed by atoms with Crippen LogP contribution in [0.3, 0.4) is 0 Å². The Morgan fingerprint density at radius 2 is 1.85 bits per heavy atom. The summed E-state index contributed by atoms with van der Waals surface area (Å²) in [5.41, 5.74) is 0. The van der Waals surface area contributed by atoms with Gasteiger partial charge in [0.15, 0.2) is 5.96 Å². The van der Waals surface area contributed by atoms with Gasteiger partial charge in [0, 0.05) is 26.2 Å². The molecule has 0 aromatic carbocycles. The quantitative estimate of drug-likeness (QED) is 0.300. The Morgan fingerprint density at radius 1 is 1.15 bits per heavy atom. The largest absolute Gasteiger partial charge is 0.357 e. The first-order valence-corrected chi connectivity index (χ1v) is 7.57. The molecule has 0 unspecified atom stereocenters. The zero-order valence-electron chi connectivity index (χ0n) is 12.8. The SMILES string of the molecule is CCCCCNC(=NCC(=O)N1CCCC1)NCC.I. The van der Waals surface area contributed by atoms with E-state index in [0.717, 1.165) is 51.4 Å². The van der Waals surface area contributed by atoms with Gasteiger partial charge in [0.25, 0.3) is 0 Å². The number of halogens is 1. The van der Waals surface area contributed by atoms with E-state index in [-0.39, 0.29) is 36.4 Å². The zero-order valence-corrected chi connectivity index (χ0v) is 15.1. The van der Waals surface area contributed by atoms with Crippen molar-refractivity contribution >= 4 is 35.8 Å². The lowest BCUT2D eigenvalue weighted by molar-refractivity contribution is -0.128. The Morgan fingerprint density at radius 3 is 2.45 bits per heavy atom. The lowest BCUT2D eigenvalue weighted by Gasteiger charge is -2.15. The third-order valence-corrected chi connectivity index (χ3v) is 3.25.